The summed E-state index contributed by atoms with van der Waals surface area (Å²) in [5.41, 5.74) is 18.7. The lowest BCUT2D eigenvalue weighted by Crippen LogP contribution is -2.11. The van der Waals surface area contributed by atoms with Crippen LogP contribution < -0.4 is 4.90 Å². The summed E-state index contributed by atoms with van der Waals surface area (Å²) in [5, 5.41) is 5.14. The molecule has 11 aromatic carbocycles. The third-order valence-electron chi connectivity index (χ3n) is 13.6. The van der Waals surface area contributed by atoms with E-state index in [1.54, 1.807) is 0 Å². The molecule has 69 heavy (non-hydrogen) atoms. The zero-order valence-corrected chi connectivity index (χ0v) is 38.5. The highest BCUT2D eigenvalue weighted by molar-refractivity contribution is 7.25. The third-order valence-corrected chi connectivity index (χ3v) is 14.8. The molecular formula is C66H44N2S. The quantitative estimate of drug-likeness (QED) is 0.140. The number of thiophene rings is 1. The molecule has 324 valence electrons. The van der Waals surface area contributed by atoms with Gasteiger partial charge in [0.2, 0.25) is 0 Å². The zero-order chi connectivity index (χ0) is 45.7. The van der Waals surface area contributed by atoms with Crippen LogP contribution in [0.5, 0.6) is 0 Å². The van der Waals surface area contributed by atoms with Gasteiger partial charge in [0.05, 0.1) is 16.7 Å². The van der Waals surface area contributed by atoms with Gasteiger partial charge in [0.1, 0.15) is 0 Å². The van der Waals surface area contributed by atoms with E-state index in [2.05, 4.69) is 276 Å². The lowest BCUT2D eigenvalue weighted by atomic mass is 9.88. The summed E-state index contributed by atoms with van der Waals surface area (Å²) in [6, 6.07) is 97.4. The van der Waals surface area contributed by atoms with Crippen LogP contribution in [0.2, 0.25) is 0 Å². The van der Waals surface area contributed by atoms with Crippen molar-refractivity contribution in [1.82, 2.24) is 4.57 Å². The topological polar surface area (TPSA) is 8.17 Å². The minimum absolute atomic E-state index is 1.07. The van der Waals surface area contributed by atoms with E-state index in [0.717, 1.165) is 33.9 Å². The van der Waals surface area contributed by atoms with Gasteiger partial charge in [-0.1, -0.05) is 194 Å². The number of rotatable bonds is 9. The first-order valence-electron chi connectivity index (χ1n) is 23.6. The van der Waals surface area contributed by atoms with E-state index in [9.17, 15) is 0 Å². The Morgan fingerprint density at radius 3 is 1.41 bits per heavy atom. The van der Waals surface area contributed by atoms with Crippen LogP contribution in [0, 0.1) is 0 Å². The smallest absolute Gasteiger partial charge is 0.0541 e. The Morgan fingerprint density at radius 1 is 0.275 bits per heavy atom. The fourth-order valence-corrected chi connectivity index (χ4v) is 11.5. The molecule has 0 atom stereocenters. The Labute approximate surface area is 405 Å². The predicted octanol–water partition coefficient (Wildman–Crippen LogP) is 19.0. The van der Waals surface area contributed by atoms with Gasteiger partial charge in [0, 0.05) is 53.6 Å². The first-order chi connectivity index (χ1) is 34.2. The molecule has 0 saturated heterocycles. The van der Waals surface area contributed by atoms with Crippen molar-refractivity contribution in [2.24, 2.45) is 0 Å². The van der Waals surface area contributed by atoms with Crippen LogP contribution in [0.3, 0.4) is 0 Å². The van der Waals surface area contributed by atoms with Crippen molar-refractivity contribution in [2.45, 2.75) is 0 Å². The molecule has 0 fully saturated rings. The second-order valence-corrected chi connectivity index (χ2v) is 18.7. The molecule has 0 amide bonds. The molecule has 0 saturated carbocycles. The van der Waals surface area contributed by atoms with Crippen LogP contribution in [0.1, 0.15) is 0 Å². The number of hydrogen-bond acceptors (Lipinski definition) is 2. The molecule has 13 rings (SSSR count). The minimum atomic E-state index is 1.07. The summed E-state index contributed by atoms with van der Waals surface area (Å²) >= 11 is 1.86. The molecule has 0 aliphatic carbocycles. The first kappa shape index (κ1) is 40.5. The average Bonchev–Trinajstić information content (AvgIpc) is 3.97. The van der Waals surface area contributed by atoms with Gasteiger partial charge in [-0.05, 0) is 123 Å². The van der Waals surface area contributed by atoms with E-state index < -0.39 is 0 Å². The third kappa shape index (κ3) is 7.20. The largest absolute Gasteiger partial charge is 0.310 e. The van der Waals surface area contributed by atoms with Crippen LogP contribution in [-0.4, -0.2) is 4.57 Å². The minimum Gasteiger partial charge on any atom is -0.310 e. The SMILES string of the molecule is c1ccc(-c2ccccc2-c2ccccc2-c2ccccc2N(c2ccc(-c3cccc(-n4c5ccccc5c5ccccc54)c3)cc2)c2ccc(-c3ccc4sc5ccccc5c4c3)cc2)cc1. The number of anilines is 3. The maximum atomic E-state index is 2.42. The highest BCUT2D eigenvalue weighted by Crippen LogP contribution is 2.46. The van der Waals surface area contributed by atoms with Gasteiger partial charge in [0.15, 0.2) is 0 Å². The molecule has 0 unspecified atom stereocenters. The Morgan fingerprint density at radius 2 is 0.739 bits per heavy atom. The summed E-state index contributed by atoms with van der Waals surface area (Å²) in [6.07, 6.45) is 0. The van der Waals surface area contributed by atoms with E-state index in [1.165, 1.54) is 86.5 Å². The molecule has 0 N–H and O–H groups in total. The monoisotopic (exact) mass is 896 g/mol. The van der Waals surface area contributed by atoms with Crippen molar-refractivity contribution in [3.63, 3.8) is 0 Å². The number of para-hydroxylation sites is 3. The van der Waals surface area contributed by atoms with Gasteiger partial charge in [0.25, 0.3) is 0 Å². The second kappa shape index (κ2) is 17.2. The maximum absolute atomic E-state index is 2.42. The van der Waals surface area contributed by atoms with Crippen molar-refractivity contribution in [1.29, 1.82) is 0 Å². The molecule has 13 aromatic rings. The highest BCUT2D eigenvalue weighted by atomic mass is 32.1. The fraction of sp³-hybridized carbons (Fsp3) is 0. The Hall–Kier alpha value is -8.76. The van der Waals surface area contributed by atoms with Crippen molar-refractivity contribution < 1.29 is 0 Å². The van der Waals surface area contributed by atoms with Crippen LogP contribution in [0.15, 0.2) is 267 Å². The predicted molar refractivity (Wildman–Crippen MR) is 296 cm³/mol. The normalized spacial score (nSPS) is 11.5. The van der Waals surface area contributed by atoms with Gasteiger partial charge >= 0.3 is 0 Å². The standard InChI is InChI=1S/C66H44N2S/c1-2-17-47(18-3-1)53-21-4-5-22-54(53)55-23-6-7-24-56(55)57-25-8-12-29-62(57)67(51-40-35-46(36-41-51)49-37-42-66-61(44-49)60-28-11-15-32-65(60)69-66)50-38-33-45(34-39-50)48-19-16-20-52(43-48)68-63-30-13-9-26-58(63)59-27-10-14-31-64(59)68/h1-44H. The van der Waals surface area contributed by atoms with E-state index in [4.69, 9.17) is 0 Å². The van der Waals surface area contributed by atoms with E-state index in [0.29, 0.717) is 0 Å². The number of fused-ring (bicyclic) bond motifs is 6. The van der Waals surface area contributed by atoms with Crippen molar-refractivity contribution >= 4 is 70.4 Å². The maximum Gasteiger partial charge on any atom is 0.0541 e. The van der Waals surface area contributed by atoms with E-state index in [1.807, 2.05) is 11.3 Å². The molecule has 2 aromatic heterocycles. The molecule has 3 heteroatoms. The van der Waals surface area contributed by atoms with Crippen LogP contribution >= 0.6 is 11.3 Å². The molecule has 0 bridgehead atoms. The summed E-state index contributed by atoms with van der Waals surface area (Å²) in [5.74, 6) is 0. The van der Waals surface area contributed by atoms with Crippen LogP contribution in [0.4, 0.5) is 17.1 Å². The summed E-state index contributed by atoms with van der Waals surface area (Å²) < 4.78 is 5.02. The molecule has 0 radical (unpaired) electrons. The molecule has 0 aliphatic heterocycles. The Bertz CT molecular complexity index is 3960. The van der Waals surface area contributed by atoms with Crippen LogP contribution in [-0.2, 0) is 0 Å². The Kier molecular flexibility index (Phi) is 10.1. The summed E-state index contributed by atoms with van der Waals surface area (Å²) in [7, 11) is 0. The molecular weight excluding hydrogens is 853 g/mol. The molecule has 0 aliphatic rings. The van der Waals surface area contributed by atoms with Gasteiger partial charge in [-0.2, -0.15) is 0 Å². The van der Waals surface area contributed by atoms with Crippen molar-refractivity contribution in [3.05, 3.63) is 267 Å². The van der Waals surface area contributed by atoms with Gasteiger partial charge in [-0.15, -0.1) is 11.3 Å². The number of benzene rings is 11. The molecule has 0 spiro atoms. The highest BCUT2D eigenvalue weighted by Gasteiger charge is 2.21. The summed E-state index contributed by atoms with van der Waals surface area (Å²) in [6.45, 7) is 0. The second-order valence-electron chi connectivity index (χ2n) is 17.6. The molecule has 2 nitrogen and oxygen atoms in total. The van der Waals surface area contributed by atoms with Crippen LogP contribution in [0.25, 0.3) is 103 Å². The van der Waals surface area contributed by atoms with Gasteiger partial charge < -0.3 is 9.47 Å². The first-order valence-corrected chi connectivity index (χ1v) is 24.4. The number of nitrogens with zero attached hydrogens (tertiary/aromatic N) is 2. The lowest BCUT2D eigenvalue weighted by Gasteiger charge is -2.29. The fourth-order valence-electron chi connectivity index (χ4n) is 10.4. The van der Waals surface area contributed by atoms with E-state index >= 15 is 0 Å². The van der Waals surface area contributed by atoms with Gasteiger partial charge in [-0.25, -0.2) is 0 Å². The van der Waals surface area contributed by atoms with Crippen molar-refractivity contribution in [3.8, 4) is 61.3 Å². The number of aromatic nitrogens is 1. The zero-order valence-electron chi connectivity index (χ0n) is 37.7. The number of hydrogen-bond donors (Lipinski definition) is 0. The molecule has 2 heterocycles. The van der Waals surface area contributed by atoms with E-state index in [-0.39, 0.29) is 0 Å². The lowest BCUT2D eigenvalue weighted by molar-refractivity contribution is 1.18. The van der Waals surface area contributed by atoms with Crippen molar-refractivity contribution in [2.75, 3.05) is 4.90 Å². The summed E-state index contributed by atoms with van der Waals surface area (Å²) in [4.78, 5) is 2.42. The average molecular weight is 897 g/mol. The van der Waals surface area contributed by atoms with Gasteiger partial charge in [-0.3, -0.25) is 0 Å². The Balaban J connectivity index is 0.933.